The first-order valence-electron chi connectivity index (χ1n) is 7.27. The van der Waals surface area contributed by atoms with E-state index in [1.165, 1.54) is 17.0 Å². The fraction of sp³-hybridized carbons (Fsp3) is 0.125. The van der Waals surface area contributed by atoms with Gasteiger partial charge in [0, 0.05) is 6.54 Å². The zero-order valence-corrected chi connectivity index (χ0v) is 16.3. The predicted molar refractivity (Wildman–Crippen MR) is 103 cm³/mol. The third-order valence-corrected chi connectivity index (χ3v) is 7.39. The number of benzene rings is 1. The molecule has 0 atom stereocenters. The van der Waals surface area contributed by atoms with Gasteiger partial charge >= 0.3 is 0 Å². The fourth-order valence-corrected chi connectivity index (χ4v) is 5.85. The number of amidine groups is 1. The Hall–Kier alpha value is -1.61. The van der Waals surface area contributed by atoms with E-state index in [4.69, 9.17) is 11.6 Å². The number of thioether (sulfide) groups is 1. The first-order chi connectivity index (χ1) is 11.9. The van der Waals surface area contributed by atoms with Gasteiger partial charge in [-0.15, -0.1) is 15.7 Å². The average Bonchev–Trinajstić information content (AvgIpc) is 3.13. The molecule has 3 rings (SSSR count). The molecule has 0 saturated carbocycles. The second-order valence-corrected chi connectivity index (χ2v) is 9.53. The summed E-state index contributed by atoms with van der Waals surface area (Å²) in [6, 6.07) is 12.3. The zero-order valence-electron chi connectivity index (χ0n) is 13.0. The minimum atomic E-state index is -3.91. The van der Waals surface area contributed by atoms with Crippen LogP contribution in [0.25, 0.3) is 6.08 Å². The van der Waals surface area contributed by atoms with E-state index in [1.54, 1.807) is 13.0 Å². The van der Waals surface area contributed by atoms with Gasteiger partial charge in [0.25, 0.3) is 15.9 Å². The standard InChI is InChI=1S/C16H13ClN2O3S3/c1-2-19-15(20)12(10-11-6-4-3-5-7-11)23-16(19)18-25(21,22)14-9-8-13(17)24-14/h3-10H,2H2,1H3. The molecule has 0 radical (unpaired) electrons. The third kappa shape index (κ3) is 3.98. The average molecular weight is 413 g/mol. The summed E-state index contributed by atoms with van der Waals surface area (Å²) in [6.07, 6.45) is 1.73. The molecule has 1 fully saturated rings. The second kappa shape index (κ2) is 7.33. The summed E-state index contributed by atoms with van der Waals surface area (Å²) in [5.41, 5.74) is 0.864. The van der Waals surface area contributed by atoms with E-state index in [0.29, 0.717) is 15.8 Å². The minimum Gasteiger partial charge on any atom is -0.286 e. The lowest BCUT2D eigenvalue weighted by Gasteiger charge is -2.11. The molecule has 5 nitrogen and oxygen atoms in total. The van der Waals surface area contributed by atoms with Crippen molar-refractivity contribution in [3.63, 3.8) is 0 Å². The molecular weight excluding hydrogens is 400 g/mol. The molecule has 2 heterocycles. The van der Waals surface area contributed by atoms with E-state index < -0.39 is 10.0 Å². The number of thiophene rings is 1. The topological polar surface area (TPSA) is 66.8 Å². The molecule has 0 aliphatic carbocycles. The highest BCUT2D eigenvalue weighted by atomic mass is 35.5. The third-order valence-electron chi connectivity index (χ3n) is 3.30. The SMILES string of the molecule is CCN1C(=O)C(=Cc2ccccc2)SC1=NS(=O)(=O)c1ccc(Cl)s1. The maximum atomic E-state index is 12.5. The van der Waals surface area contributed by atoms with Gasteiger partial charge in [-0.25, -0.2) is 0 Å². The molecule has 9 heteroatoms. The van der Waals surface area contributed by atoms with Crippen LogP contribution < -0.4 is 0 Å². The monoisotopic (exact) mass is 412 g/mol. The number of carbonyl (C=O) groups is 1. The van der Waals surface area contributed by atoms with E-state index in [2.05, 4.69) is 4.40 Å². The molecule has 25 heavy (non-hydrogen) atoms. The smallest absolute Gasteiger partial charge is 0.286 e. The molecule has 0 bridgehead atoms. The van der Waals surface area contributed by atoms with Crippen molar-refractivity contribution < 1.29 is 13.2 Å². The number of nitrogens with zero attached hydrogens (tertiary/aromatic N) is 2. The van der Waals surface area contributed by atoms with Crippen LogP contribution in [0.5, 0.6) is 0 Å². The molecule has 2 aromatic rings. The molecule has 130 valence electrons. The lowest BCUT2D eigenvalue weighted by Crippen LogP contribution is -2.29. The molecule has 0 N–H and O–H groups in total. The molecule has 1 saturated heterocycles. The van der Waals surface area contributed by atoms with Crippen molar-refractivity contribution in [1.29, 1.82) is 0 Å². The first kappa shape index (κ1) is 18.2. The van der Waals surface area contributed by atoms with Crippen LogP contribution in [0.3, 0.4) is 0 Å². The van der Waals surface area contributed by atoms with E-state index >= 15 is 0 Å². The Labute approximate surface area is 159 Å². The molecule has 1 aliphatic rings. The lowest BCUT2D eigenvalue weighted by atomic mass is 10.2. The Kier molecular flexibility index (Phi) is 5.33. The van der Waals surface area contributed by atoms with Gasteiger partial charge in [-0.2, -0.15) is 8.42 Å². The Morgan fingerprint density at radius 1 is 1.20 bits per heavy atom. The van der Waals surface area contributed by atoms with E-state index in [0.717, 1.165) is 28.7 Å². The van der Waals surface area contributed by atoms with Crippen molar-refractivity contribution in [1.82, 2.24) is 4.90 Å². The number of likely N-dealkylation sites (N-methyl/N-ethyl adjacent to an activating group) is 1. The molecular formula is C16H13ClN2O3S3. The van der Waals surface area contributed by atoms with Crippen LogP contribution in [0.4, 0.5) is 0 Å². The van der Waals surface area contributed by atoms with Crippen molar-refractivity contribution in [2.75, 3.05) is 6.54 Å². The predicted octanol–water partition coefficient (Wildman–Crippen LogP) is 4.08. The summed E-state index contributed by atoms with van der Waals surface area (Å²) in [5, 5.41) is 0.152. The number of rotatable bonds is 4. The molecule has 1 aliphatic heterocycles. The highest BCUT2D eigenvalue weighted by molar-refractivity contribution is 8.19. The van der Waals surface area contributed by atoms with Crippen molar-refractivity contribution >= 4 is 61.9 Å². The van der Waals surface area contributed by atoms with Gasteiger partial charge < -0.3 is 0 Å². The summed E-state index contributed by atoms with van der Waals surface area (Å²) in [7, 11) is -3.91. The van der Waals surface area contributed by atoms with Gasteiger partial charge in [-0.3, -0.25) is 9.69 Å². The van der Waals surface area contributed by atoms with Crippen LogP contribution >= 0.6 is 34.7 Å². The van der Waals surface area contributed by atoms with Crippen LogP contribution in [0.2, 0.25) is 4.34 Å². The summed E-state index contributed by atoms with van der Waals surface area (Å²) >= 11 is 7.79. The van der Waals surface area contributed by atoms with E-state index in [-0.39, 0.29) is 15.3 Å². The largest absolute Gasteiger partial charge is 0.294 e. The molecule has 1 aromatic heterocycles. The van der Waals surface area contributed by atoms with Gasteiger partial charge in [0.1, 0.15) is 4.21 Å². The molecule has 0 unspecified atom stereocenters. The van der Waals surface area contributed by atoms with Crippen LogP contribution in [-0.2, 0) is 14.8 Å². The van der Waals surface area contributed by atoms with Crippen LogP contribution in [0, 0.1) is 0 Å². The van der Waals surface area contributed by atoms with Gasteiger partial charge in [0.15, 0.2) is 5.17 Å². The number of hydrogen-bond acceptors (Lipinski definition) is 5. The van der Waals surface area contributed by atoms with E-state index in [9.17, 15) is 13.2 Å². The van der Waals surface area contributed by atoms with Crippen LogP contribution in [0.15, 0.2) is 56.0 Å². The highest BCUT2D eigenvalue weighted by Gasteiger charge is 2.34. The number of hydrogen-bond donors (Lipinski definition) is 0. The summed E-state index contributed by atoms with van der Waals surface area (Å²) in [5.74, 6) is -0.255. The lowest BCUT2D eigenvalue weighted by molar-refractivity contribution is -0.122. The van der Waals surface area contributed by atoms with Gasteiger partial charge in [-0.1, -0.05) is 41.9 Å². The van der Waals surface area contributed by atoms with Crippen molar-refractivity contribution in [3.05, 3.63) is 57.3 Å². The quantitative estimate of drug-likeness (QED) is 0.709. The van der Waals surface area contributed by atoms with Crippen LogP contribution in [-0.4, -0.2) is 30.9 Å². The normalized spacial score (nSPS) is 18.5. The molecule has 1 aromatic carbocycles. The van der Waals surface area contributed by atoms with Crippen molar-refractivity contribution in [3.8, 4) is 0 Å². The van der Waals surface area contributed by atoms with Crippen molar-refractivity contribution in [2.45, 2.75) is 11.1 Å². The zero-order chi connectivity index (χ0) is 18.0. The molecule has 1 amide bonds. The highest BCUT2D eigenvalue weighted by Crippen LogP contribution is 2.34. The van der Waals surface area contributed by atoms with Gasteiger partial charge in [0.2, 0.25) is 0 Å². The Morgan fingerprint density at radius 2 is 1.92 bits per heavy atom. The van der Waals surface area contributed by atoms with Crippen molar-refractivity contribution in [2.24, 2.45) is 4.40 Å². The Balaban J connectivity index is 1.96. The molecule has 0 spiro atoms. The number of amides is 1. The maximum Gasteiger partial charge on any atom is 0.294 e. The fourth-order valence-electron chi connectivity index (χ4n) is 2.14. The maximum absolute atomic E-state index is 12.5. The Bertz CT molecular complexity index is 966. The van der Waals surface area contributed by atoms with Gasteiger partial charge in [-0.05, 0) is 42.5 Å². The number of sulfonamides is 1. The summed E-state index contributed by atoms with van der Waals surface area (Å²) in [6.45, 7) is 2.10. The number of carbonyl (C=O) groups excluding carboxylic acids is 1. The van der Waals surface area contributed by atoms with E-state index in [1.807, 2.05) is 30.3 Å². The minimum absolute atomic E-state index is 0.0505. The second-order valence-electron chi connectivity index (χ2n) is 4.98. The van der Waals surface area contributed by atoms with Gasteiger partial charge in [0.05, 0.1) is 9.24 Å². The summed E-state index contributed by atoms with van der Waals surface area (Å²) < 4.78 is 29.1. The summed E-state index contributed by atoms with van der Waals surface area (Å²) in [4.78, 5) is 14.3. The van der Waals surface area contributed by atoms with Crippen LogP contribution in [0.1, 0.15) is 12.5 Å². The first-order valence-corrected chi connectivity index (χ1v) is 10.7. The number of halogens is 1. The Morgan fingerprint density at radius 3 is 2.52 bits per heavy atom.